The third-order valence-electron chi connectivity index (χ3n) is 8.00. The number of aryl methyl sites for hydroxylation is 2. The lowest BCUT2D eigenvalue weighted by atomic mass is 9.84. The lowest BCUT2D eigenvalue weighted by Gasteiger charge is -2.16. The molecule has 0 saturated carbocycles. The molecule has 7 aromatic rings. The van der Waals surface area contributed by atoms with Crippen LogP contribution in [-0.4, -0.2) is 50.8 Å². The summed E-state index contributed by atoms with van der Waals surface area (Å²) in [7, 11) is 0. The summed E-state index contributed by atoms with van der Waals surface area (Å²) < 4.78 is 2.57. The van der Waals surface area contributed by atoms with Gasteiger partial charge >= 0.3 is 5.97 Å². The van der Waals surface area contributed by atoms with Gasteiger partial charge in [-0.1, -0.05) is 36.4 Å². The maximum atomic E-state index is 14.3. The van der Waals surface area contributed by atoms with Crippen molar-refractivity contribution in [2.24, 2.45) is 0 Å². The number of aromatic nitrogens is 6. The molecule has 14 heteroatoms. The Bertz CT molecular complexity index is 2320. The largest absolute Gasteiger partial charge is 0.507 e. The number of carbonyl (C=O) groups is 1. The van der Waals surface area contributed by atoms with Crippen molar-refractivity contribution in [3.63, 3.8) is 0 Å². The van der Waals surface area contributed by atoms with Crippen molar-refractivity contribution in [3.05, 3.63) is 138 Å². The molecule has 0 aliphatic heterocycles. The van der Waals surface area contributed by atoms with Gasteiger partial charge in [-0.2, -0.15) is 9.36 Å². The van der Waals surface area contributed by atoms with E-state index in [9.17, 15) is 29.7 Å². The zero-order valence-corrected chi connectivity index (χ0v) is 27.0. The zero-order valence-electron chi connectivity index (χ0n) is 25.3. The molecule has 4 heterocycles. The van der Waals surface area contributed by atoms with E-state index in [2.05, 4.69) is 20.2 Å². The van der Waals surface area contributed by atoms with Crippen LogP contribution in [0.15, 0.2) is 93.1 Å². The van der Waals surface area contributed by atoms with Crippen molar-refractivity contribution in [1.82, 2.24) is 29.5 Å². The Morgan fingerprint density at radius 2 is 1.21 bits per heavy atom. The quantitative estimate of drug-likeness (QED) is 0.134. The minimum atomic E-state index is -1.15. The van der Waals surface area contributed by atoms with Gasteiger partial charge in [0, 0.05) is 39.2 Å². The van der Waals surface area contributed by atoms with E-state index >= 15 is 0 Å². The summed E-state index contributed by atoms with van der Waals surface area (Å²) in [6, 6.07) is 19.7. The minimum absolute atomic E-state index is 0.000929. The molecule has 240 valence electrons. The molecule has 0 fully saturated rings. The van der Waals surface area contributed by atoms with Crippen LogP contribution in [0.2, 0.25) is 0 Å². The van der Waals surface area contributed by atoms with Gasteiger partial charge in [0.05, 0.1) is 28.1 Å². The van der Waals surface area contributed by atoms with E-state index in [0.29, 0.717) is 49.7 Å². The number of nitrogens with one attached hydrogen (secondary N) is 2. The molecule has 0 amide bonds. The predicted octanol–water partition coefficient (Wildman–Crippen LogP) is 5.80. The normalized spacial score (nSPS) is 11.4. The monoisotopic (exact) mass is 678 g/mol. The molecule has 0 saturated heterocycles. The van der Waals surface area contributed by atoms with Gasteiger partial charge in [-0.15, -0.1) is 22.7 Å². The first-order valence-electron chi connectivity index (χ1n) is 14.6. The van der Waals surface area contributed by atoms with E-state index in [-0.39, 0.29) is 28.2 Å². The highest BCUT2D eigenvalue weighted by molar-refractivity contribution is 7.12. The number of carboxylic acid groups (broad SMARTS) is 1. The maximum absolute atomic E-state index is 14.3. The Morgan fingerprint density at radius 1 is 0.729 bits per heavy atom. The molecule has 0 bridgehead atoms. The van der Waals surface area contributed by atoms with E-state index in [1.807, 2.05) is 0 Å². The van der Waals surface area contributed by atoms with Crippen LogP contribution in [0.5, 0.6) is 11.5 Å². The van der Waals surface area contributed by atoms with Crippen molar-refractivity contribution in [1.29, 1.82) is 0 Å². The zero-order chi connectivity index (χ0) is 33.7. The Labute approximate surface area is 279 Å². The molecule has 3 aromatic carbocycles. The van der Waals surface area contributed by atoms with Crippen molar-refractivity contribution >= 4 is 28.6 Å². The number of para-hydroxylation sites is 2. The van der Waals surface area contributed by atoms with E-state index in [0.717, 1.165) is 0 Å². The third-order valence-corrected chi connectivity index (χ3v) is 9.66. The number of rotatable bonds is 8. The number of nitrogens with zero attached hydrogens (tertiary/aromatic N) is 4. The summed E-state index contributed by atoms with van der Waals surface area (Å²) in [5.74, 6) is -2.03. The summed E-state index contributed by atoms with van der Waals surface area (Å²) in [5.41, 5.74) is 2.83. The number of hydrogen-bond donors (Lipinski definition) is 5. The SMILES string of the molecule is Cc1[nH]n(-c2nc(-c3ccccc3O)cs2)c(=O)c1C(c1cccc(C(=O)O)c1)c1c(C)[nH]n(-c2nc(-c3ccccc3O)cs2)c1=O. The van der Waals surface area contributed by atoms with Crippen molar-refractivity contribution in [3.8, 4) is 44.3 Å². The molecule has 7 rings (SSSR count). The van der Waals surface area contributed by atoms with Gasteiger partial charge in [0.15, 0.2) is 0 Å². The van der Waals surface area contributed by atoms with Crippen LogP contribution in [0.1, 0.15) is 44.4 Å². The Balaban J connectivity index is 1.38. The molecule has 48 heavy (non-hydrogen) atoms. The second kappa shape index (κ2) is 12.0. The summed E-state index contributed by atoms with van der Waals surface area (Å²) in [6.45, 7) is 3.41. The Kier molecular flexibility index (Phi) is 7.65. The number of aromatic hydroxyl groups is 2. The molecule has 0 aliphatic rings. The average molecular weight is 679 g/mol. The molecule has 0 aliphatic carbocycles. The molecule has 0 unspecified atom stereocenters. The molecular weight excluding hydrogens is 653 g/mol. The number of phenols is 2. The Morgan fingerprint density at radius 3 is 1.67 bits per heavy atom. The van der Waals surface area contributed by atoms with Gasteiger partial charge in [-0.3, -0.25) is 19.8 Å². The molecule has 0 atom stereocenters. The lowest BCUT2D eigenvalue weighted by molar-refractivity contribution is 0.0696. The molecule has 12 nitrogen and oxygen atoms in total. The van der Waals surface area contributed by atoms with E-state index in [1.165, 1.54) is 44.2 Å². The van der Waals surface area contributed by atoms with Crippen LogP contribution < -0.4 is 11.1 Å². The van der Waals surface area contributed by atoms with Gasteiger partial charge in [-0.25, -0.2) is 14.8 Å². The highest BCUT2D eigenvalue weighted by Gasteiger charge is 2.32. The van der Waals surface area contributed by atoms with Crippen LogP contribution in [0.4, 0.5) is 0 Å². The lowest BCUT2D eigenvalue weighted by Crippen LogP contribution is -2.25. The number of benzene rings is 3. The van der Waals surface area contributed by atoms with Crippen LogP contribution >= 0.6 is 22.7 Å². The first kappa shape index (κ1) is 30.7. The van der Waals surface area contributed by atoms with Gasteiger partial charge in [0.1, 0.15) is 11.5 Å². The van der Waals surface area contributed by atoms with Gasteiger partial charge in [-0.05, 0) is 55.8 Å². The van der Waals surface area contributed by atoms with Crippen LogP contribution in [0.3, 0.4) is 0 Å². The fourth-order valence-electron chi connectivity index (χ4n) is 5.76. The minimum Gasteiger partial charge on any atom is -0.507 e. The molecule has 0 spiro atoms. The standard InChI is InChI=1S/C34H26N6O6S2/c1-17-27(30(43)39(37-17)33-35-23(15-47-33)21-10-3-5-12-25(21)41)29(19-8-7-9-20(14-19)32(45)46)28-18(2)38-40(31(28)44)34-36-24(16-48-34)22-11-4-6-13-26(22)42/h3-16,29,37-38,41-42H,1-2H3,(H,45,46). The predicted molar refractivity (Wildman–Crippen MR) is 182 cm³/mol. The highest BCUT2D eigenvalue weighted by Crippen LogP contribution is 2.35. The first-order chi connectivity index (χ1) is 23.1. The van der Waals surface area contributed by atoms with E-state index < -0.39 is 23.0 Å². The number of aromatic amines is 2. The van der Waals surface area contributed by atoms with Crippen LogP contribution in [-0.2, 0) is 0 Å². The van der Waals surface area contributed by atoms with Gasteiger partial charge in [0.2, 0.25) is 10.3 Å². The topological polar surface area (TPSA) is 179 Å². The first-order valence-corrected chi connectivity index (χ1v) is 16.3. The van der Waals surface area contributed by atoms with Crippen molar-refractivity contribution < 1.29 is 20.1 Å². The summed E-state index contributed by atoms with van der Waals surface area (Å²) >= 11 is 2.39. The smallest absolute Gasteiger partial charge is 0.335 e. The number of carboxylic acids is 1. The Hall–Kier alpha value is -5.99. The number of aromatic carboxylic acids is 1. The molecule has 5 N–H and O–H groups in total. The van der Waals surface area contributed by atoms with Crippen LogP contribution in [0, 0.1) is 13.8 Å². The number of hydrogen-bond acceptors (Lipinski definition) is 9. The second-order valence-corrected chi connectivity index (χ2v) is 12.7. The second-order valence-electron chi connectivity index (χ2n) is 11.0. The van der Waals surface area contributed by atoms with Gasteiger partial charge in [0.25, 0.3) is 11.1 Å². The van der Waals surface area contributed by atoms with Crippen LogP contribution in [0.25, 0.3) is 32.8 Å². The summed E-state index contributed by atoms with van der Waals surface area (Å²) in [4.78, 5) is 49.7. The highest BCUT2D eigenvalue weighted by atomic mass is 32.1. The molecular formula is C34H26N6O6S2. The number of H-pyrrole nitrogens is 2. The third kappa shape index (κ3) is 5.22. The molecule has 4 aromatic heterocycles. The fourth-order valence-corrected chi connectivity index (χ4v) is 7.32. The molecule has 0 radical (unpaired) electrons. The maximum Gasteiger partial charge on any atom is 0.335 e. The van der Waals surface area contributed by atoms with Crippen molar-refractivity contribution in [2.75, 3.05) is 0 Å². The van der Waals surface area contributed by atoms with E-state index in [4.69, 9.17) is 0 Å². The van der Waals surface area contributed by atoms with Crippen molar-refractivity contribution in [2.45, 2.75) is 19.8 Å². The van der Waals surface area contributed by atoms with E-state index in [1.54, 1.807) is 85.3 Å². The average Bonchev–Trinajstić information content (AvgIpc) is 3.87. The summed E-state index contributed by atoms with van der Waals surface area (Å²) in [6.07, 6.45) is 0. The number of phenolic OH excluding ortho intramolecular Hbond substituents is 2. The van der Waals surface area contributed by atoms with Gasteiger partial charge < -0.3 is 15.3 Å². The fraction of sp³-hybridized carbons (Fsp3) is 0.0882. The summed E-state index contributed by atoms with van der Waals surface area (Å²) in [5, 5.41) is 40.7. The number of thiazole rings is 2.